The van der Waals surface area contributed by atoms with Crippen LogP contribution in [0.1, 0.15) is 54.5 Å². The van der Waals surface area contributed by atoms with E-state index in [9.17, 15) is 5.11 Å². The molecule has 1 aromatic heterocycles. The molecule has 138 valence electrons. The van der Waals surface area contributed by atoms with Gasteiger partial charge in [-0.25, -0.2) is 0 Å². The highest BCUT2D eigenvalue weighted by Crippen LogP contribution is 2.59. The lowest BCUT2D eigenvalue weighted by molar-refractivity contribution is 0.102. The van der Waals surface area contributed by atoms with Gasteiger partial charge in [-0.1, -0.05) is 13.0 Å². The molecule has 0 aliphatic heterocycles. The molecule has 4 nitrogen and oxygen atoms in total. The van der Waals surface area contributed by atoms with Gasteiger partial charge in [-0.3, -0.25) is 4.68 Å². The molecule has 0 saturated heterocycles. The number of phenolic OH excluding ortho intramolecular Hbond substituents is 1. The Bertz CT molecular complexity index is 843. The SMILES string of the molecule is COCCn1cc2c(n1)[C@@]1(C)CC[C@@H]3c4ccc(O)cc4CC[C@H]3[C@@H]1C2. The number of ether oxygens (including phenoxy) is 1. The van der Waals surface area contributed by atoms with Crippen LogP contribution in [-0.4, -0.2) is 28.6 Å². The second-order valence-corrected chi connectivity index (χ2v) is 8.72. The summed E-state index contributed by atoms with van der Waals surface area (Å²) >= 11 is 0. The van der Waals surface area contributed by atoms with Gasteiger partial charge in [0, 0.05) is 18.7 Å². The summed E-state index contributed by atoms with van der Waals surface area (Å²) in [7, 11) is 1.75. The summed E-state index contributed by atoms with van der Waals surface area (Å²) in [5.41, 5.74) is 5.91. The number of nitrogens with zero attached hydrogens (tertiary/aromatic N) is 2. The molecule has 26 heavy (non-hydrogen) atoms. The molecule has 4 heteroatoms. The number of phenols is 1. The van der Waals surface area contributed by atoms with Crippen LogP contribution in [0.3, 0.4) is 0 Å². The smallest absolute Gasteiger partial charge is 0.115 e. The first-order valence-electron chi connectivity index (χ1n) is 9.97. The van der Waals surface area contributed by atoms with E-state index in [1.54, 1.807) is 7.11 Å². The van der Waals surface area contributed by atoms with E-state index in [0.717, 1.165) is 25.5 Å². The van der Waals surface area contributed by atoms with Gasteiger partial charge < -0.3 is 9.84 Å². The van der Waals surface area contributed by atoms with E-state index in [-0.39, 0.29) is 5.41 Å². The van der Waals surface area contributed by atoms with Crippen molar-refractivity contribution >= 4 is 0 Å². The molecular formula is C22H28N2O2. The van der Waals surface area contributed by atoms with Crippen LogP contribution in [0, 0.1) is 11.8 Å². The lowest BCUT2D eigenvalue weighted by Gasteiger charge is -2.49. The second kappa shape index (κ2) is 5.85. The zero-order chi connectivity index (χ0) is 17.9. The van der Waals surface area contributed by atoms with Gasteiger partial charge in [-0.15, -0.1) is 0 Å². The molecule has 3 aliphatic rings. The maximum atomic E-state index is 9.83. The highest BCUT2D eigenvalue weighted by atomic mass is 16.5. The topological polar surface area (TPSA) is 47.3 Å². The van der Waals surface area contributed by atoms with Gasteiger partial charge in [0.2, 0.25) is 0 Å². The fraction of sp³-hybridized carbons (Fsp3) is 0.591. The molecule has 1 saturated carbocycles. The molecule has 0 amide bonds. The normalized spacial score (nSPS) is 31.8. The third-order valence-electron chi connectivity index (χ3n) is 7.44. The van der Waals surface area contributed by atoms with Crippen molar-refractivity contribution in [2.24, 2.45) is 11.8 Å². The number of methoxy groups -OCH3 is 1. The Balaban J connectivity index is 1.45. The van der Waals surface area contributed by atoms with Crippen LogP contribution in [0.4, 0.5) is 0 Å². The van der Waals surface area contributed by atoms with Gasteiger partial charge in [0.05, 0.1) is 18.8 Å². The van der Waals surface area contributed by atoms with Crippen molar-refractivity contribution in [1.82, 2.24) is 9.78 Å². The van der Waals surface area contributed by atoms with Crippen LogP contribution in [0.15, 0.2) is 24.4 Å². The van der Waals surface area contributed by atoms with Gasteiger partial charge in [0.25, 0.3) is 0 Å². The van der Waals surface area contributed by atoms with E-state index in [1.165, 1.54) is 48.1 Å². The van der Waals surface area contributed by atoms with Gasteiger partial charge in [0.15, 0.2) is 0 Å². The van der Waals surface area contributed by atoms with E-state index in [2.05, 4.69) is 23.9 Å². The Morgan fingerprint density at radius 1 is 1.31 bits per heavy atom. The maximum absolute atomic E-state index is 9.83. The Morgan fingerprint density at radius 2 is 2.19 bits per heavy atom. The largest absolute Gasteiger partial charge is 0.508 e. The lowest BCUT2D eigenvalue weighted by atomic mass is 9.55. The summed E-state index contributed by atoms with van der Waals surface area (Å²) in [6.07, 6.45) is 8.24. The first-order chi connectivity index (χ1) is 12.6. The molecule has 1 fully saturated rings. The van der Waals surface area contributed by atoms with E-state index < -0.39 is 0 Å². The molecule has 1 heterocycles. The number of aryl methyl sites for hydroxylation is 1. The van der Waals surface area contributed by atoms with Gasteiger partial charge in [-0.2, -0.15) is 5.10 Å². The zero-order valence-corrected chi connectivity index (χ0v) is 15.7. The molecule has 1 aromatic carbocycles. The number of hydrogen-bond acceptors (Lipinski definition) is 3. The highest BCUT2D eigenvalue weighted by Gasteiger charge is 2.54. The Morgan fingerprint density at radius 3 is 3.04 bits per heavy atom. The monoisotopic (exact) mass is 352 g/mol. The molecule has 2 aromatic rings. The third-order valence-corrected chi connectivity index (χ3v) is 7.44. The number of rotatable bonds is 3. The number of fused-ring (bicyclic) bond motifs is 7. The summed E-state index contributed by atoms with van der Waals surface area (Å²) in [5.74, 6) is 2.51. The second-order valence-electron chi connectivity index (χ2n) is 8.72. The number of benzene rings is 1. The first-order valence-corrected chi connectivity index (χ1v) is 9.97. The summed E-state index contributed by atoms with van der Waals surface area (Å²) in [5, 5.41) is 14.8. The first kappa shape index (κ1) is 16.4. The summed E-state index contributed by atoms with van der Waals surface area (Å²) in [6.45, 7) is 4.02. The average Bonchev–Trinajstić information content (AvgIpc) is 3.16. The Hall–Kier alpha value is -1.81. The average molecular weight is 352 g/mol. The summed E-state index contributed by atoms with van der Waals surface area (Å²) in [6, 6.07) is 6.05. The fourth-order valence-corrected chi connectivity index (χ4v) is 6.19. The van der Waals surface area contributed by atoms with Gasteiger partial charge in [0.1, 0.15) is 5.75 Å². The number of hydrogen-bond donors (Lipinski definition) is 1. The molecule has 0 bridgehead atoms. The predicted octanol–water partition coefficient (Wildman–Crippen LogP) is 3.81. The summed E-state index contributed by atoms with van der Waals surface area (Å²) < 4.78 is 7.30. The molecular weight excluding hydrogens is 324 g/mol. The van der Waals surface area contributed by atoms with Crippen LogP contribution in [0.2, 0.25) is 0 Å². The minimum atomic E-state index is 0.225. The molecule has 0 spiro atoms. The van der Waals surface area contributed by atoms with Crippen molar-refractivity contribution in [3.8, 4) is 5.75 Å². The molecule has 0 radical (unpaired) electrons. The van der Waals surface area contributed by atoms with E-state index in [4.69, 9.17) is 9.84 Å². The Labute approximate surface area is 155 Å². The highest BCUT2D eigenvalue weighted by molar-refractivity contribution is 5.42. The van der Waals surface area contributed by atoms with Crippen LogP contribution in [-0.2, 0) is 29.5 Å². The zero-order valence-electron chi connectivity index (χ0n) is 15.7. The van der Waals surface area contributed by atoms with E-state index in [0.29, 0.717) is 17.6 Å². The minimum absolute atomic E-state index is 0.225. The maximum Gasteiger partial charge on any atom is 0.115 e. The minimum Gasteiger partial charge on any atom is -0.508 e. The number of aromatic nitrogens is 2. The van der Waals surface area contributed by atoms with Crippen LogP contribution >= 0.6 is 0 Å². The molecule has 3 aliphatic carbocycles. The van der Waals surface area contributed by atoms with Crippen LogP contribution in [0.25, 0.3) is 0 Å². The quantitative estimate of drug-likeness (QED) is 0.914. The van der Waals surface area contributed by atoms with Gasteiger partial charge in [-0.05, 0) is 78.7 Å². The molecule has 4 atom stereocenters. The standard InChI is InChI=1S/C22H28N2O2/c1-22-8-7-18-17-6-4-16(25)11-14(17)3-5-19(18)20(22)12-15-13-24(9-10-26-2)23-21(15)22/h4,6,11,13,18-20,25H,3,5,7-10,12H2,1-2H3/t18-,19-,20+,22+/m1/s1. The number of aromatic hydroxyl groups is 1. The molecule has 5 rings (SSSR count). The van der Waals surface area contributed by atoms with E-state index in [1.807, 2.05) is 12.1 Å². The van der Waals surface area contributed by atoms with Crippen molar-refractivity contribution in [2.75, 3.05) is 13.7 Å². The Kier molecular flexibility index (Phi) is 3.68. The fourth-order valence-electron chi connectivity index (χ4n) is 6.19. The van der Waals surface area contributed by atoms with Crippen LogP contribution in [0.5, 0.6) is 5.75 Å². The van der Waals surface area contributed by atoms with Crippen molar-refractivity contribution in [3.63, 3.8) is 0 Å². The lowest BCUT2D eigenvalue weighted by Crippen LogP contribution is -2.43. The van der Waals surface area contributed by atoms with Crippen molar-refractivity contribution in [2.45, 2.75) is 56.9 Å². The summed E-state index contributed by atoms with van der Waals surface area (Å²) in [4.78, 5) is 0. The molecule has 0 unspecified atom stereocenters. The van der Waals surface area contributed by atoms with Crippen molar-refractivity contribution in [3.05, 3.63) is 46.8 Å². The van der Waals surface area contributed by atoms with E-state index >= 15 is 0 Å². The predicted molar refractivity (Wildman–Crippen MR) is 101 cm³/mol. The van der Waals surface area contributed by atoms with Crippen molar-refractivity contribution < 1.29 is 9.84 Å². The van der Waals surface area contributed by atoms with Crippen molar-refractivity contribution in [1.29, 1.82) is 0 Å². The van der Waals surface area contributed by atoms with Gasteiger partial charge >= 0.3 is 0 Å². The third kappa shape index (κ3) is 2.27. The molecule has 1 N–H and O–H groups in total. The van der Waals surface area contributed by atoms with Crippen LogP contribution < -0.4 is 0 Å².